The van der Waals surface area contributed by atoms with Crippen molar-refractivity contribution < 1.29 is 19.1 Å². The third-order valence-corrected chi connectivity index (χ3v) is 5.72. The largest absolute Gasteiger partial charge is 0.464 e. The van der Waals surface area contributed by atoms with Crippen LogP contribution in [0, 0.1) is 16.7 Å². The van der Waals surface area contributed by atoms with Crippen molar-refractivity contribution in [1.29, 1.82) is 5.26 Å². The monoisotopic (exact) mass is 413 g/mol. The number of hydrogen-bond acceptors (Lipinski definition) is 6. The Bertz CT molecular complexity index is 963. The number of halogens is 1. The van der Waals surface area contributed by atoms with Gasteiger partial charge in [-0.1, -0.05) is 29.8 Å². The average molecular weight is 414 g/mol. The van der Waals surface area contributed by atoms with Gasteiger partial charge in [0.1, 0.15) is 11.5 Å². The second-order valence-corrected chi connectivity index (χ2v) is 7.40. The van der Waals surface area contributed by atoms with E-state index in [2.05, 4.69) is 6.07 Å². The van der Waals surface area contributed by atoms with Gasteiger partial charge in [0.15, 0.2) is 5.78 Å². The summed E-state index contributed by atoms with van der Waals surface area (Å²) in [6, 6.07) is 7.08. The van der Waals surface area contributed by atoms with Crippen molar-refractivity contribution in [3.05, 3.63) is 58.8 Å². The fourth-order valence-corrected chi connectivity index (χ4v) is 4.34. The Hall–Kier alpha value is -3.11. The molecule has 1 aromatic rings. The van der Waals surface area contributed by atoms with Crippen LogP contribution in [0.25, 0.3) is 0 Å². The molecule has 29 heavy (non-hydrogen) atoms. The lowest BCUT2D eigenvalue weighted by atomic mass is 9.66. The summed E-state index contributed by atoms with van der Waals surface area (Å²) < 4.78 is 5.27. The van der Waals surface area contributed by atoms with E-state index < -0.39 is 35.3 Å². The van der Waals surface area contributed by atoms with Gasteiger partial charge in [-0.05, 0) is 37.6 Å². The molecule has 2 heterocycles. The van der Waals surface area contributed by atoms with E-state index in [1.807, 2.05) is 0 Å². The zero-order chi connectivity index (χ0) is 21.3. The van der Waals surface area contributed by atoms with Crippen LogP contribution in [0.15, 0.2) is 48.2 Å². The summed E-state index contributed by atoms with van der Waals surface area (Å²) in [7, 11) is 0. The molecular formula is C21H20ClN3O4. The quantitative estimate of drug-likeness (QED) is 0.739. The standard InChI is InChI=1S/C21H20ClN3O4/c1-3-29-20(28)18-17(13-4-7-15(22)8-5-13)21(11-23,12(2)26)16-9-6-14(19(24)27)10-25(16)18/h4-10,16-18H,3H2,1-2H3,(H2,24,27)/t16-,17-,18+,21+/m1/s1. The third-order valence-electron chi connectivity index (χ3n) is 5.47. The molecule has 2 aliphatic rings. The zero-order valence-electron chi connectivity index (χ0n) is 16.0. The highest BCUT2D eigenvalue weighted by molar-refractivity contribution is 6.30. The minimum atomic E-state index is -1.57. The highest BCUT2D eigenvalue weighted by Crippen LogP contribution is 2.53. The number of nitrogens with zero attached hydrogens (tertiary/aromatic N) is 2. The van der Waals surface area contributed by atoms with Crippen molar-refractivity contribution in [2.75, 3.05) is 6.61 Å². The van der Waals surface area contributed by atoms with Gasteiger partial charge in [-0.25, -0.2) is 4.79 Å². The number of hydrogen-bond donors (Lipinski definition) is 1. The van der Waals surface area contributed by atoms with Gasteiger partial charge in [0.25, 0.3) is 0 Å². The van der Waals surface area contributed by atoms with Crippen LogP contribution in [0.3, 0.4) is 0 Å². The number of carbonyl (C=O) groups is 3. The van der Waals surface area contributed by atoms with Crippen LogP contribution in [0.4, 0.5) is 0 Å². The zero-order valence-corrected chi connectivity index (χ0v) is 16.7. The number of nitrogens with two attached hydrogens (primary N) is 1. The number of benzene rings is 1. The fourth-order valence-electron chi connectivity index (χ4n) is 4.21. The molecule has 7 nitrogen and oxygen atoms in total. The number of ketones is 1. The highest BCUT2D eigenvalue weighted by Gasteiger charge is 2.64. The molecule has 0 radical (unpaired) electrons. The van der Waals surface area contributed by atoms with Crippen molar-refractivity contribution in [3.63, 3.8) is 0 Å². The summed E-state index contributed by atoms with van der Waals surface area (Å²) in [5, 5.41) is 10.7. The van der Waals surface area contributed by atoms with Gasteiger partial charge in [0.05, 0.1) is 24.3 Å². The number of Topliss-reactive ketones (excluding diaryl/α,β-unsaturated/α-hetero) is 1. The summed E-state index contributed by atoms with van der Waals surface area (Å²) in [6.07, 6.45) is 4.48. The molecule has 0 spiro atoms. The maximum absolute atomic E-state index is 13.0. The van der Waals surface area contributed by atoms with Gasteiger partial charge in [-0.2, -0.15) is 5.26 Å². The minimum Gasteiger partial charge on any atom is -0.464 e. The van der Waals surface area contributed by atoms with E-state index in [-0.39, 0.29) is 18.0 Å². The van der Waals surface area contributed by atoms with Crippen molar-refractivity contribution in [2.45, 2.75) is 31.8 Å². The van der Waals surface area contributed by atoms with Gasteiger partial charge >= 0.3 is 5.97 Å². The molecule has 4 atom stereocenters. The van der Waals surface area contributed by atoms with Crippen LogP contribution >= 0.6 is 11.6 Å². The van der Waals surface area contributed by atoms with E-state index in [0.717, 1.165) is 0 Å². The van der Waals surface area contributed by atoms with E-state index in [4.69, 9.17) is 22.1 Å². The maximum Gasteiger partial charge on any atom is 0.329 e. The average Bonchev–Trinajstić information content (AvgIpc) is 2.99. The molecule has 0 aliphatic carbocycles. The van der Waals surface area contributed by atoms with E-state index in [9.17, 15) is 19.6 Å². The number of rotatable bonds is 5. The van der Waals surface area contributed by atoms with Crippen molar-refractivity contribution in [1.82, 2.24) is 4.90 Å². The second kappa shape index (κ2) is 7.72. The maximum atomic E-state index is 13.0. The van der Waals surface area contributed by atoms with Crippen molar-refractivity contribution in [3.8, 4) is 6.07 Å². The van der Waals surface area contributed by atoms with Crippen LogP contribution in [-0.2, 0) is 19.1 Å². The summed E-state index contributed by atoms with van der Waals surface area (Å²) in [4.78, 5) is 39.1. The fraction of sp³-hybridized carbons (Fsp3) is 0.333. The number of nitriles is 1. The Morgan fingerprint density at radius 3 is 2.48 bits per heavy atom. The van der Waals surface area contributed by atoms with Crippen LogP contribution in [0.5, 0.6) is 0 Å². The first-order valence-electron chi connectivity index (χ1n) is 9.09. The molecule has 1 aromatic carbocycles. The number of esters is 1. The highest BCUT2D eigenvalue weighted by atomic mass is 35.5. The Labute approximate surface area is 173 Å². The molecule has 1 amide bonds. The van der Waals surface area contributed by atoms with E-state index in [1.54, 1.807) is 42.2 Å². The Balaban J connectivity index is 2.28. The molecule has 2 N–H and O–H groups in total. The second-order valence-electron chi connectivity index (χ2n) is 6.96. The Kier molecular flexibility index (Phi) is 5.49. The topological polar surface area (TPSA) is 113 Å². The van der Waals surface area contributed by atoms with Crippen molar-refractivity contribution in [2.24, 2.45) is 11.1 Å². The van der Waals surface area contributed by atoms with E-state index in [0.29, 0.717) is 10.6 Å². The molecule has 0 saturated carbocycles. The summed E-state index contributed by atoms with van der Waals surface area (Å²) >= 11 is 6.00. The van der Waals surface area contributed by atoms with E-state index >= 15 is 0 Å². The molecular weight excluding hydrogens is 394 g/mol. The summed E-state index contributed by atoms with van der Waals surface area (Å²) in [6.45, 7) is 3.13. The SMILES string of the molecule is CCOC(=O)[C@@H]1[C@@H](c2ccc(Cl)cc2)[C@@](C#N)(C(C)=O)[C@H]2C=CC(C(N)=O)=CN12. The Morgan fingerprint density at radius 2 is 1.97 bits per heavy atom. The molecule has 8 heteroatoms. The molecule has 0 unspecified atom stereocenters. The predicted octanol–water partition coefficient (Wildman–Crippen LogP) is 2.08. The number of amides is 1. The van der Waals surface area contributed by atoms with Gasteiger partial charge < -0.3 is 15.4 Å². The Morgan fingerprint density at radius 1 is 1.31 bits per heavy atom. The number of carbonyl (C=O) groups excluding carboxylic acids is 3. The molecule has 1 saturated heterocycles. The van der Waals surface area contributed by atoms with Crippen LogP contribution in [-0.4, -0.2) is 41.3 Å². The van der Waals surface area contributed by atoms with Crippen LogP contribution in [0.2, 0.25) is 5.02 Å². The molecule has 150 valence electrons. The number of fused-ring (bicyclic) bond motifs is 1. The van der Waals surface area contributed by atoms with Gasteiger partial charge in [-0.15, -0.1) is 0 Å². The van der Waals surface area contributed by atoms with Gasteiger partial charge in [0, 0.05) is 17.1 Å². The first-order valence-corrected chi connectivity index (χ1v) is 9.47. The van der Waals surface area contributed by atoms with E-state index in [1.165, 1.54) is 19.2 Å². The van der Waals surface area contributed by atoms with Crippen molar-refractivity contribution >= 4 is 29.3 Å². The normalized spacial score (nSPS) is 27.6. The first-order chi connectivity index (χ1) is 13.8. The minimum absolute atomic E-state index is 0.128. The summed E-state index contributed by atoms with van der Waals surface area (Å²) in [5.41, 5.74) is 4.60. The van der Waals surface area contributed by atoms with Crippen LogP contribution in [0.1, 0.15) is 25.3 Å². The molecule has 1 fully saturated rings. The molecule has 0 bridgehead atoms. The first kappa shape index (κ1) is 20.6. The van der Waals surface area contributed by atoms with Gasteiger partial charge in [0.2, 0.25) is 5.91 Å². The predicted molar refractivity (Wildman–Crippen MR) is 105 cm³/mol. The van der Waals surface area contributed by atoms with Crippen LogP contribution < -0.4 is 5.73 Å². The molecule has 3 rings (SSSR count). The lowest BCUT2D eigenvalue weighted by molar-refractivity contribution is -0.148. The number of ether oxygens (including phenoxy) is 1. The summed E-state index contributed by atoms with van der Waals surface area (Å²) in [5.74, 6) is -2.49. The lowest BCUT2D eigenvalue weighted by Crippen LogP contribution is -2.43. The lowest BCUT2D eigenvalue weighted by Gasteiger charge is -2.32. The smallest absolute Gasteiger partial charge is 0.329 e. The number of primary amides is 1. The van der Waals surface area contributed by atoms with Gasteiger partial charge in [-0.3, -0.25) is 9.59 Å². The molecule has 0 aromatic heterocycles. The molecule has 2 aliphatic heterocycles. The third kappa shape index (κ3) is 3.19.